The van der Waals surface area contributed by atoms with Crippen molar-refractivity contribution in [2.75, 3.05) is 4.72 Å². The summed E-state index contributed by atoms with van der Waals surface area (Å²) in [7, 11) is -4.50. The second-order valence-corrected chi connectivity index (χ2v) is 10.6. The molecule has 0 aliphatic carbocycles. The lowest BCUT2D eigenvalue weighted by molar-refractivity contribution is -0.143. The van der Waals surface area contributed by atoms with Crippen molar-refractivity contribution in [2.45, 2.75) is 57.3 Å². The molecule has 172 valence electrons. The van der Waals surface area contributed by atoms with Gasteiger partial charge < -0.3 is 0 Å². The number of anilines is 1. The number of alkyl halides is 6. The highest BCUT2D eigenvalue weighted by atomic mass is 79.9. The van der Waals surface area contributed by atoms with E-state index < -0.39 is 43.7 Å². The van der Waals surface area contributed by atoms with Gasteiger partial charge in [0.1, 0.15) is 0 Å². The van der Waals surface area contributed by atoms with Gasteiger partial charge in [-0.05, 0) is 64.0 Å². The SMILES string of the molecule is Cc1cc(C(C)(C)C)cc(C)c1S(=O)(=O)Nc1cc(C(F)(F)F)cc(C(F)(F)F)c1Br. The van der Waals surface area contributed by atoms with Gasteiger partial charge in [0.25, 0.3) is 10.0 Å². The Hall–Kier alpha value is -1.75. The van der Waals surface area contributed by atoms with Crippen LogP contribution in [0.1, 0.15) is 48.6 Å². The Morgan fingerprint density at radius 2 is 1.29 bits per heavy atom. The van der Waals surface area contributed by atoms with Crippen molar-refractivity contribution >= 4 is 31.6 Å². The molecule has 0 radical (unpaired) electrons. The summed E-state index contributed by atoms with van der Waals surface area (Å²) < 4.78 is 106. The fourth-order valence-corrected chi connectivity index (χ4v) is 5.27. The number of sulfonamides is 1. The maximum absolute atomic E-state index is 13.3. The fourth-order valence-electron chi connectivity index (χ4n) is 3.07. The summed E-state index contributed by atoms with van der Waals surface area (Å²) in [6.07, 6.45) is -10.2. The summed E-state index contributed by atoms with van der Waals surface area (Å²) in [6.45, 7) is 8.79. The average molecular weight is 532 g/mol. The van der Waals surface area contributed by atoms with Gasteiger partial charge in [0, 0.05) is 0 Å². The lowest BCUT2D eigenvalue weighted by Gasteiger charge is -2.23. The first-order valence-electron chi connectivity index (χ1n) is 8.87. The van der Waals surface area contributed by atoms with Crippen molar-refractivity contribution in [2.24, 2.45) is 0 Å². The lowest BCUT2D eigenvalue weighted by Crippen LogP contribution is -2.20. The molecular weight excluding hydrogens is 512 g/mol. The second kappa shape index (κ2) is 7.99. The zero-order valence-corrected chi connectivity index (χ0v) is 19.6. The number of hydrogen-bond acceptors (Lipinski definition) is 2. The fraction of sp³-hybridized carbons (Fsp3) is 0.400. The maximum atomic E-state index is 13.3. The monoisotopic (exact) mass is 531 g/mol. The van der Waals surface area contributed by atoms with E-state index in [4.69, 9.17) is 0 Å². The number of hydrogen-bond donors (Lipinski definition) is 1. The van der Waals surface area contributed by atoms with E-state index in [9.17, 15) is 34.8 Å². The maximum Gasteiger partial charge on any atom is 0.417 e. The smallest absolute Gasteiger partial charge is 0.278 e. The van der Waals surface area contributed by atoms with E-state index in [0.717, 1.165) is 5.56 Å². The van der Waals surface area contributed by atoms with E-state index in [0.29, 0.717) is 17.2 Å². The van der Waals surface area contributed by atoms with Gasteiger partial charge in [-0.3, -0.25) is 4.72 Å². The van der Waals surface area contributed by atoms with E-state index in [1.165, 1.54) is 13.8 Å². The van der Waals surface area contributed by atoms with Crippen molar-refractivity contribution in [3.05, 3.63) is 56.6 Å². The molecule has 0 heterocycles. The third-order valence-electron chi connectivity index (χ3n) is 4.54. The molecule has 0 fully saturated rings. The van der Waals surface area contributed by atoms with Gasteiger partial charge >= 0.3 is 12.4 Å². The molecule has 0 saturated heterocycles. The van der Waals surface area contributed by atoms with Crippen LogP contribution in [0.5, 0.6) is 0 Å². The van der Waals surface area contributed by atoms with E-state index in [-0.39, 0.29) is 16.4 Å². The zero-order valence-electron chi connectivity index (χ0n) is 17.2. The van der Waals surface area contributed by atoms with Crippen LogP contribution in [0.15, 0.2) is 33.6 Å². The first kappa shape index (κ1) is 25.5. The molecule has 0 saturated carbocycles. The molecule has 0 amide bonds. The third-order valence-corrected chi connectivity index (χ3v) is 7.07. The summed E-state index contributed by atoms with van der Waals surface area (Å²) >= 11 is 2.60. The quantitative estimate of drug-likeness (QED) is 0.425. The summed E-state index contributed by atoms with van der Waals surface area (Å²) in [6, 6.07) is 3.51. The Morgan fingerprint density at radius 3 is 1.68 bits per heavy atom. The van der Waals surface area contributed by atoms with Crippen LogP contribution in [0, 0.1) is 13.8 Å². The topological polar surface area (TPSA) is 46.2 Å². The summed E-state index contributed by atoms with van der Waals surface area (Å²) in [5.74, 6) is 0. The normalized spacial score (nSPS) is 13.4. The molecule has 3 nitrogen and oxygen atoms in total. The van der Waals surface area contributed by atoms with Crippen LogP contribution in [0.2, 0.25) is 0 Å². The van der Waals surface area contributed by atoms with Gasteiger partial charge in [0.15, 0.2) is 0 Å². The van der Waals surface area contributed by atoms with E-state index >= 15 is 0 Å². The van der Waals surface area contributed by atoms with Crippen molar-refractivity contribution in [1.29, 1.82) is 0 Å². The van der Waals surface area contributed by atoms with Gasteiger partial charge in [-0.2, -0.15) is 26.3 Å². The molecule has 11 heteroatoms. The molecule has 0 aliphatic rings. The number of aryl methyl sites for hydroxylation is 2. The first-order valence-corrected chi connectivity index (χ1v) is 11.2. The largest absolute Gasteiger partial charge is 0.417 e. The molecule has 0 unspecified atom stereocenters. The van der Waals surface area contributed by atoms with Crippen LogP contribution in [-0.2, 0) is 27.8 Å². The molecule has 0 bridgehead atoms. The van der Waals surface area contributed by atoms with Crippen LogP contribution in [0.3, 0.4) is 0 Å². The highest BCUT2D eigenvalue weighted by Crippen LogP contribution is 2.43. The molecule has 0 aromatic heterocycles. The summed E-state index contributed by atoms with van der Waals surface area (Å²) in [5.41, 5.74) is -2.96. The van der Waals surface area contributed by atoms with Crippen molar-refractivity contribution in [1.82, 2.24) is 0 Å². The molecule has 0 atom stereocenters. The number of halogens is 7. The van der Waals surface area contributed by atoms with Crippen LogP contribution in [0.25, 0.3) is 0 Å². The summed E-state index contributed by atoms with van der Waals surface area (Å²) in [5, 5.41) is 0. The Balaban J connectivity index is 2.68. The Labute approximate surface area is 185 Å². The third kappa shape index (κ3) is 5.54. The van der Waals surface area contributed by atoms with E-state index in [2.05, 4.69) is 15.9 Å². The zero-order chi connectivity index (χ0) is 24.2. The van der Waals surface area contributed by atoms with Gasteiger partial charge in [0.05, 0.1) is 26.2 Å². The van der Waals surface area contributed by atoms with Crippen LogP contribution in [0.4, 0.5) is 32.0 Å². The highest BCUT2D eigenvalue weighted by molar-refractivity contribution is 9.10. The molecule has 1 N–H and O–H groups in total. The number of nitrogens with one attached hydrogen (secondary N) is 1. The highest BCUT2D eigenvalue weighted by Gasteiger charge is 2.40. The summed E-state index contributed by atoms with van der Waals surface area (Å²) in [4.78, 5) is -0.210. The van der Waals surface area contributed by atoms with Crippen molar-refractivity contribution < 1.29 is 34.8 Å². The van der Waals surface area contributed by atoms with Gasteiger partial charge in [-0.15, -0.1) is 0 Å². The van der Waals surface area contributed by atoms with Crippen LogP contribution < -0.4 is 4.72 Å². The predicted octanol–water partition coefficient (Wildman–Crippen LogP) is 7.20. The molecular formula is C20H20BrF6NO2S. The molecule has 2 rings (SSSR count). The minimum absolute atomic E-state index is 0.0729. The minimum Gasteiger partial charge on any atom is -0.278 e. The Morgan fingerprint density at radius 1 is 0.806 bits per heavy atom. The number of rotatable bonds is 3. The van der Waals surface area contributed by atoms with E-state index in [1.54, 1.807) is 12.1 Å². The molecule has 2 aromatic carbocycles. The molecule has 31 heavy (non-hydrogen) atoms. The average Bonchev–Trinajstić information content (AvgIpc) is 2.52. The molecule has 0 aliphatic heterocycles. The second-order valence-electron chi connectivity index (χ2n) is 8.18. The van der Waals surface area contributed by atoms with Gasteiger partial charge in [-0.25, -0.2) is 8.42 Å². The minimum atomic E-state index is -5.14. The van der Waals surface area contributed by atoms with Crippen LogP contribution >= 0.6 is 15.9 Å². The Bertz CT molecular complexity index is 1090. The standard InChI is InChI=1S/C20H20BrF6NO2S/c1-10-6-12(18(3,4)5)7-11(2)17(10)31(29,30)28-15-9-13(19(22,23)24)8-14(16(15)21)20(25,26)27/h6-9,28H,1-5H3. The first-order chi connectivity index (χ1) is 13.7. The predicted molar refractivity (Wildman–Crippen MR) is 110 cm³/mol. The molecule has 0 spiro atoms. The Kier molecular flexibility index (Phi) is 6.57. The van der Waals surface area contributed by atoms with Crippen molar-refractivity contribution in [3.63, 3.8) is 0 Å². The molecule has 2 aromatic rings. The van der Waals surface area contributed by atoms with E-state index in [1.807, 2.05) is 25.5 Å². The van der Waals surface area contributed by atoms with Crippen molar-refractivity contribution in [3.8, 4) is 0 Å². The number of benzene rings is 2. The van der Waals surface area contributed by atoms with Crippen LogP contribution in [-0.4, -0.2) is 8.42 Å². The van der Waals surface area contributed by atoms with Gasteiger partial charge in [0.2, 0.25) is 0 Å². The lowest BCUT2D eigenvalue weighted by atomic mass is 9.85. The van der Waals surface area contributed by atoms with Gasteiger partial charge in [-0.1, -0.05) is 32.9 Å².